The van der Waals surface area contributed by atoms with Gasteiger partial charge in [0.15, 0.2) is 5.65 Å². The second-order valence-corrected chi connectivity index (χ2v) is 14.3. The number of imide groups is 1. The lowest BCUT2D eigenvalue weighted by Gasteiger charge is -2.35. The van der Waals surface area contributed by atoms with E-state index >= 15 is 0 Å². The van der Waals surface area contributed by atoms with Crippen molar-refractivity contribution in [2.45, 2.75) is 44.3 Å². The van der Waals surface area contributed by atoms with E-state index < -0.39 is 11.9 Å². The number of piperazine rings is 1. The molecular formula is C40H40FN9O4. The number of halogens is 1. The maximum Gasteiger partial charge on any atom is 0.255 e. The van der Waals surface area contributed by atoms with Crippen LogP contribution in [0.15, 0.2) is 79.0 Å². The van der Waals surface area contributed by atoms with E-state index in [0.29, 0.717) is 30.9 Å². The first-order chi connectivity index (χ1) is 26.4. The van der Waals surface area contributed by atoms with E-state index in [-0.39, 0.29) is 30.1 Å². The molecule has 3 aromatic heterocycles. The van der Waals surface area contributed by atoms with Crippen LogP contribution in [0, 0.1) is 5.82 Å². The Morgan fingerprint density at radius 2 is 1.72 bits per heavy atom. The maximum absolute atomic E-state index is 14.1. The summed E-state index contributed by atoms with van der Waals surface area (Å²) in [4.78, 5) is 55.1. The molecule has 0 radical (unpaired) electrons. The van der Waals surface area contributed by atoms with E-state index in [1.54, 1.807) is 29.2 Å². The molecule has 3 amide bonds. The van der Waals surface area contributed by atoms with Crippen LogP contribution < -0.4 is 19.9 Å². The van der Waals surface area contributed by atoms with Crippen molar-refractivity contribution >= 4 is 35.0 Å². The van der Waals surface area contributed by atoms with Crippen LogP contribution in [0.1, 0.15) is 53.2 Å². The van der Waals surface area contributed by atoms with Crippen molar-refractivity contribution in [2.24, 2.45) is 0 Å². The Morgan fingerprint density at radius 3 is 2.57 bits per heavy atom. The molecule has 5 aromatic rings. The minimum atomic E-state index is -0.636. The summed E-state index contributed by atoms with van der Waals surface area (Å²) >= 11 is 0. The third-order valence-electron chi connectivity index (χ3n) is 11.0. The number of benzene rings is 2. The number of imidazole rings is 1. The lowest BCUT2D eigenvalue weighted by molar-refractivity contribution is -0.136. The van der Waals surface area contributed by atoms with Gasteiger partial charge in [0.05, 0.1) is 17.9 Å². The molecule has 3 fully saturated rings. The van der Waals surface area contributed by atoms with E-state index in [4.69, 9.17) is 14.8 Å². The molecule has 0 aliphatic carbocycles. The van der Waals surface area contributed by atoms with Crippen LogP contribution in [0.3, 0.4) is 0 Å². The summed E-state index contributed by atoms with van der Waals surface area (Å²) in [6, 6.07) is 21.7. The van der Waals surface area contributed by atoms with Crippen LogP contribution in [0.4, 0.5) is 16.0 Å². The summed E-state index contributed by atoms with van der Waals surface area (Å²) in [5.74, 6) is 1.28. The predicted molar refractivity (Wildman–Crippen MR) is 199 cm³/mol. The van der Waals surface area contributed by atoms with Crippen molar-refractivity contribution in [3.63, 3.8) is 0 Å². The smallest absolute Gasteiger partial charge is 0.255 e. The van der Waals surface area contributed by atoms with Crippen LogP contribution in [0.5, 0.6) is 5.75 Å². The van der Waals surface area contributed by atoms with Crippen molar-refractivity contribution in [1.29, 1.82) is 0 Å². The molecule has 0 saturated carbocycles. The molecule has 3 saturated heterocycles. The molecule has 7 heterocycles. The van der Waals surface area contributed by atoms with Crippen LogP contribution in [-0.2, 0) is 16.1 Å². The summed E-state index contributed by atoms with van der Waals surface area (Å²) in [7, 11) is 0. The topological polar surface area (TPSA) is 129 Å². The summed E-state index contributed by atoms with van der Waals surface area (Å²) in [6.45, 7) is 5.78. The van der Waals surface area contributed by atoms with Gasteiger partial charge in [-0.05, 0) is 85.0 Å². The molecule has 4 aliphatic rings. The van der Waals surface area contributed by atoms with E-state index in [1.807, 2.05) is 53.2 Å². The number of aromatic nitrogens is 4. The van der Waals surface area contributed by atoms with Gasteiger partial charge in [0.2, 0.25) is 11.8 Å². The minimum Gasteiger partial charge on any atom is -0.492 e. The van der Waals surface area contributed by atoms with E-state index in [2.05, 4.69) is 25.0 Å². The molecule has 2 unspecified atom stereocenters. The number of amides is 3. The minimum absolute atomic E-state index is 0.0650. The normalized spacial score (nSPS) is 20.5. The molecule has 2 aromatic carbocycles. The quantitative estimate of drug-likeness (QED) is 0.220. The number of piperidine rings is 1. The Balaban J connectivity index is 0.807. The van der Waals surface area contributed by atoms with Gasteiger partial charge in [0, 0.05) is 57.8 Å². The van der Waals surface area contributed by atoms with Gasteiger partial charge >= 0.3 is 0 Å². The molecule has 54 heavy (non-hydrogen) atoms. The molecule has 13 nitrogen and oxygen atoms in total. The fraction of sp³-hybridized carbons (Fsp3) is 0.350. The Labute approximate surface area is 311 Å². The Kier molecular flexibility index (Phi) is 8.89. The van der Waals surface area contributed by atoms with Gasteiger partial charge < -0.3 is 19.4 Å². The highest BCUT2D eigenvalue weighted by molar-refractivity contribution is 6.05. The molecule has 0 bridgehead atoms. The molecule has 4 aliphatic heterocycles. The van der Waals surface area contributed by atoms with E-state index in [0.717, 1.165) is 91.9 Å². The second kappa shape index (κ2) is 14.2. The van der Waals surface area contributed by atoms with Gasteiger partial charge in [-0.2, -0.15) is 0 Å². The fourth-order valence-corrected chi connectivity index (χ4v) is 8.17. The monoisotopic (exact) mass is 729 g/mol. The average molecular weight is 730 g/mol. The number of ether oxygens (including phenoxy) is 1. The number of fused-ring (bicyclic) bond motifs is 2. The Bertz CT molecular complexity index is 2250. The number of carbonyl (C=O) groups excluding carboxylic acids is 3. The summed E-state index contributed by atoms with van der Waals surface area (Å²) in [6.07, 6.45) is 4.33. The molecule has 9 rings (SSSR count). The zero-order valence-corrected chi connectivity index (χ0v) is 29.7. The van der Waals surface area contributed by atoms with Crippen molar-refractivity contribution in [3.8, 4) is 17.1 Å². The third-order valence-corrected chi connectivity index (χ3v) is 11.0. The maximum atomic E-state index is 14.1. The van der Waals surface area contributed by atoms with Crippen molar-refractivity contribution in [1.82, 2.24) is 34.7 Å². The van der Waals surface area contributed by atoms with Crippen LogP contribution >= 0.6 is 0 Å². The summed E-state index contributed by atoms with van der Waals surface area (Å²) in [5.41, 5.74) is 4.70. The standard InChI is InChI=1S/C40H40FN9O4/c41-28-5-1-4-26(22-28)32-7-3-15-48(32)37-13-12-35-42-24-34(50(35)45-37)31-6-2-8-36(43-31)47-18-16-46(17-19-47)20-21-54-29-9-10-30-27(23-29)25-49(40(30)53)33-11-14-38(51)44-39(33)52/h1-2,4-6,8-10,12-13,22-24,32-33H,3,7,11,14-21,25H2,(H,44,51,52). The number of anilines is 2. The lowest BCUT2D eigenvalue weighted by Crippen LogP contribution is -2.52. The number of carbonyl (C=O) groups is 3. The first-order valence-corrected chi connectivity index (χ1v) is 18.6. The van der Waals surface area contributed by atoms with Crippen LogP contribution in [0.2, 0.25) is 0 Å². The first-order valence-electron chi connectivity index (χ1n) is 18.6. The van der Waals surface area contributed by atoms with Crippen molar-refractivity contribution in [3.05, 3.63) is 102 Å². The molecule has 1 N–H and O–H groups in total. The number of pyridine rings is 1. The first kappa shape index (κ1) is 33.9. The van der Waals surface area contributed by atoms with Gasteiger partial charge in [-0.15, -0.1) is 5.10 Å². The van der Waals surface area contributed by atoms with E-state index in [1.165, 1.54) is 6.07 Å². The Hall–Kier alpha value is -5.89. The number of rotatable bonds is 9. The molecule has 0 spiro atoms. The highest BCUT2D eigenvalue weighted by atomic mass is 19.1. The largest absolute Gasteiger partial charge is 0.492 e. The summed E-state index contributed by atoms with van der Waals surface area (Å²) < 4.78 is 22.0. The summed E-state index contributed by atoms with van der Waals surface area (Å²) in [5, 5.41) is 7.36. The number of hydrogen-bond donors (Lipinski definition) is 1. The molecule has 276 valence electrons. The number of nitrogens with zero attached hydrogens (tertiary/aromatic N) is 8. The SMILES string of the molecule is O=C1CCC(N2Cc3cc(OCCN4CCN(c5cccc(-c6cnc7ccc(N8CCCC8c8cccc(F)c8)nn67)n5)CC4)ccc3C2=O)C(=O)N1. The van der Waals surface area contributed by atoms with Gasteiger partial charge in [0.1, 0.15) is 41.5 Å². The van der Waals surface area contributed by atoms with E-state index in [9.17, 15) is 18.8 Å². The van der Waals surface area contributed by atoms with Gasteiger partial charge in [-0.3, -0.25) is 24.6 Å². The number of hydrogen-bond acceptors (Lipinski definition) is 10. The third kappa shape index (κ3) is 6.50. The molecule has 14 heteroatoms. The predicted octanol–water partition coefficient (Wildman–Crippen LogP) is 4.23. The lowest BCUT2D eigenvalue weighted by atomic mass is 10.0. The van der Waals surface area contributed by atoms with Crippen molar-refractivity contribution in [2.75, 3.05) is 55.7 Å². The van der Waals surface area contributed by atoms with Crippen molar-refractivity contribution < 1.29 is 23.5 Å². The Morgan fingerprint density at radius 1 is 0.852 bits per heavy atom. The van der Waals surface area contributed by atoms with Gasteiger partial charge in [-0.1, -0.05) is 18.2 Å². The average Bonchev–Trinajstić information content (AvgIpc) is 3.93. The zero-order chi connectivity index (χ0) is 36.8. The number of nitrogens with one attached hydrogen (secondary N) is 1. The van der Waals surface area contributed by atoms with Gasteiger partial charge in [-0.25, -0.2) is 18.9 Å². The molecule has 2 atom stereocenters. The zero-order valence-electron chi connectivity index (χ0n) is 29.7. The van der Waals surface area contributed by atoms with Crippen LogP contribution in [0.25, 0.3) is 17.0 Å². The second-order valence-electron chi connectivity index (χ2n) is 14.3. The fourth-order valence-electron chi connectivity index (χ4n) is 8.17. The molecular weight excluding hydrogens is 689 g/mol. The highest BCUT2D eigenvalue weighted by Crippen LogP contribution is 2.36. The van der Waals surface area contributed by atoms with Crippen LogP contribution in [-0.4, -0.2) is 99.0 Å². The van der Waals surface area contributed by atoms with Gasteiger partial charge in [0.25, 0.3) is 5.91 Å². The highest BCUT2D eigenvalue weighted by Gasteiger charge is 2.39.